The topological polar surface area (TPSA) is 36.9 Å². The lowest BCUT2D eigenvalue weighted by molar-refractivity contribution is 0.355. The van der Waals surface area contributed by atoms with E-state index in [0.29, 0.717) is 23.0 Å². The smallest absolute Gasteiger partial charge is 0.161 e. The third-order valence-electron chi connectivity index (χ3n) is 4.23. The van der Waals surface area contributed by atoms with Gasteiger partial charge in [0.15, 0.2) is 23.0 Å². The number of ether oxygens (including phenoxy) is 4. The van der Waals surface area contributed by atoms with E-state index in [4.69, 9.17) is 18.9 Å². The first kappa shape index (κ1) is 22.6. The Bertz CT molecular complexity index is 893. The van der Waals surface area contributed by atoms with Gasteiger partial charge in [0.25, 0.3) is 0 Å². The predicted octanol–water partition coefficient (Wildman–Crippen LogP) is 5.65. The van der Waals surface area contributed by atoms with Gasteiger partial charge in [-0.05, 0) is 54.1 Å². The van der Waals surface area contributed by atoms with Crippen molar-refractivity contribution in [2.75, 3.05) is 34.2 Å². The lowest BCUT2D eigenvalue weighted by atomic mass is 10.1. The minimum Gasteiger partial charge on any atom is -0.493 e. The SMILES string of the molecule is CCCCS/C(=C\C#Cc1ccc(OC)c(OC)c1)c1ccc(OC)c(OC)c1. The van der Waals surface area contributed by atoms with E-state index in [1.54, 1.807) is 40.2 Å². The van der Waals surface area contributed by atoms with Crippen LogP contribution >= 0.6 is 11.8 Å². The van der Waals surface area contributed by atoms with Crippen molar-refractivity contribution in [3.63, 3.8) is 0 Å². The van der Waals surface area contributed by atoms with Gasteiger partial charge in [-0.15, -0.1) is 11.8 Å². The Morgan fingerprint density at radius 1 is 0.862 bits per heavy atom. The van der Waals surface area contributed by atoms with Crippen molar-refractivity contribution in [2.45, 2.75) is 19.8 Å². The molecule has 0 aliphatic rings. The second-order valence-corrected chi connectivity index (χ2v) is 7.26. The molecule has 0 unspecified atom stereocenters. The summed E-state index contributed by atoms with van der Waals surface area (Å²) >= 11 is 1.80. The molecule has 0 fully saturated rings. The first-order chi connectivity index (χ1) is 14.2. The van der Waals surface area contributed by atoms with Crippen LogP contribution < -0.4 is 18.9 Å². The molecule has 2 aromatic carbocycles. The van der Waals surface area contributed by atoms with Gasteiger partial charge in [0.2, 0.25) is 0 Å². The van der Waals surface area contributed by atoms with Gasteiger partial charge in [-0.25, -0.2) is 0 Å². The third kappa shape index (κ3) is 6.40. The highest BCUT2D eigenvalue weighted by molar-refractivity contribution is 8.08. The Morgan fingerprint density at radius 3 is 2.10 bits per heavy atom. The predicted molar refractivity (Wildman–Crippen MR) is 121 cm³/mol. The van der Waals surface area contributed by atoms with Crippen molar-refractivity contribution >= 4 is 16.7 Å². The van der Waals surface area contributed by atoms with E-state index in [9.17, 15) is 0 Å². The minimum absolute atomic E-state index is 0.667. The van der Waals surface area contributed by atoms with Gasteiger partial charge >= 0.3 is 0 Å². The normalized spacial score (nSPS) is 10.7. The molecular formula is C24H28O4S. The fourth-order valence-corrected chi connectivity index (χ4v) is 3.71. The zero-order valence-corrected chi connectivity index (χ0v) is 18.5. The Kier molecular flexibility index (Phi) is 9.33. The number of rotatable bonds is 9. The maximum Gasteiger partial charge on any atom is 0.161 e. The van der Waals surface area contributed by atoms with Gasteiger partial charge < -0.3 is 18.9 Å². The monoisotopic (exact) mass is 412 g/mol. The molecule has 0 radical (unpaired) electrons. The second kappa shape index (κ2) is 12.0. The van der Waals surface area contributed by atoms with Crippen molar-refractivity contribution in [1.82, 2.24) is 0 Å². The molecule has 4 nitrogen and oxygen atoms in total. The van der Waals surface area contributed by atoms with Crippen LogP contribution in [0.4, 0.5) is 0 Å². The summed E-state index contributed by atoms with van der Waals surface area (Å²) in [5, 5.41) is 0. The average Bonchev–Trinajstić information content (AvgIpc) is 2.77. The van der Waals surface area contributed by atoms with E-state index >= 15 is 0 Å². The molecule has 0 N–H and O–H groups in total. The average molecular weight is 413 g/mol. The molecule has 0 spiro atoms. The van der Waals surface area contributed by atoms with Gasteiger partial charge in [-0.3, -0.25) is 0 Å². The molecule has 0 atom stereocenters. The highest BCUT2D eigenvalue weighted by Crippen LogP contribution is 2.35. The zero-order valence-electron chi connectivity index (χ0n) is 17.7. The third-order valence-corrected chi connectivity index (χ3v) is 5.38. The Labute approximate surface area is 178 Å². The zero-order chi connectivity index (χ0) is 21.1. The van der Waals surface area contributed by atoms with Crippen LogP contribution in [-0.2, 0) is 0 Å². The number of hydrogen-bond donors (Lipinski definition) is 0. The fourth-order valence-electron chi connectivity index (χ4n) is 2.62. The first-order valence-corrected chi connectivity index (χ1v) is 10.4. The van der Waals surface area contributed by atoms with Crippen molar-refractivity contribution < 1.29 is 18.9 Å². The highest BCUT2D eigenvalue weighted by atomic mass is 32.2. The molecule has 0 bridgehead atoms. The molecule has 0 aliphatic carbocycles. The molecule has 2 rings (SSSR count). The molecule has 29 heavy (non-hydrogen) atoms. The minimum atomic E-state index is 0.667. The van der Waals surface area contributed by atoms with Crippen molar-refractivity contribution in [3.05, 3.63) is 53.6 Å². The molecule has 0 saturated heterocycles. The van der Waals surface area contributed by atoms with Gasteiger partial charge in [0, 0.05) is 16.5 Å². The van der Waals surface area contributed by atoms with Crippen molar-refractivity contribution in [3.8, 4) is 34.8 Å². The van der Waals surface area contributed by atoms with Gasteiger partial charge in [0.1, 0.15) is 0 Å². The number of thioether (sulfide) groups is 1. The van der Waals surface area contributed by atoms with Crippen LogP contribution in [0.5, 0.6) is 23.0 Å². The summed E-state index contributed by atoms with van der Waals surface area (Å²) in [6.07, 6.45) is 4.26. The van der Waals surface area contributed by atoms with Crippen LogP contribution in [0.15, 0.2) is 42.5 Å². The largest absolute Gasteiger partial charge is 0.493 e. The Hall–Kier alpha value is -2.71. The molecule has 2 aromatic rings. The molecule has 0 aliphatic heterocycles. The van der Waals surface area contributed by atoms with E-state index in [2.05, 4.69) is 18.8 Å². The van der Waals surface area contributed by atoms with Crippen molar-refractivity contribution in [1.29, 1.82) is 0 Å². The number of benzene rings is 2. The van der Waals surface area contributed by atoms with E-state index in [-0.39, 0.29) is 0 Å². The molecule has 5 heteroatoms. The molecule has 0 aromatic heterocycles. The van der Waals surface area contributed by atoms with Crippen LogP contribution in [0, 0.1) is 11.8 Å². The summed E-state index contributed by atoms with van der Waals surface area (Å²) in [6, 6.07) is 11.6. The van der Waals surface area contributed by atoms with Crippen LogP contribution in [0.25, 0.3) is 4.91 Å². The summed E-state index contributed by atoms with van der Waals surface area (Å²) in [5.41, 5.74) is 1.93. The summed E-state index contributed by atoms with van der Waals surface area (Å²) in [6.45, 7) is 2.19. The maximum absolute atomic E-state index is 5.45. The van der Waals surface area contributed by atoms with E-state index in [0.717, 1.165) is 34.6 Å². The van der Waals surface area contributed by atoms with E-state index in [1.807, 2.05) is 42.5 Å². The molecule has 0 saturated carbocycles. The summed E-state index contributed by atoms with van der Waals surface area (Å²) in [7, 11) is 6.52. The lowest BCUT2D eigenvalue weighted by Gasteiger charge is -2.11. The lowest BCUT2D eigenvalue weighted by Crippen LogP contribution is -1.92. The Balaban J connectivity index is 2.33. The number of unbranched alkanes of at least 4 members (excludes halogenated alkanes) is 1. The van der Waals surface area contributed by atoms with Crippen molar-refractivity contribution in [2.24, 2.45) is 0 Å². The van der Waals surface area contributed by atoms with Gasteiger partial charge in [0.05, 0.1) is 28.4 Å². The molecule has 154 valence electrons. The van der Waals surface area contributed by atoms with E-state index in [1.165, 1.54) is 0 Å². The Morgan fingerprint density at radius 2 is 1.48 bits per heavy atom. The molecular weight excluding hydrogens is 384 g/mol. The second-order valence-electron chi connectivity index (χ2n) is 6.12. The first-order valence-electron chi connectivity index (χ1n) is 9.45. The quantitative estimate of drug-likeness (QED) is 0.393. The van der Waals surface area contributed by atoms with Crippen LogP contribution in [-0.4, -0.2) is 34.2 Å². The number of hydrogen-bond acceptors (Lipinski definition) is 5. The summed E-state index contributed by atoms with van der Waals surface area (Å²) < 4.78 is 21.4. The summed E-state index contributed by atoms with van der Waals surface area (Å²) in [4.78, 5) is 1.10. The maximum atomic E-state index is 5.45. The van der Waals surface area contributed by atoms with Crippen LogP contribution in [0.1, 0.15) is 30.9 Å². The van der Waals surface area contributed by atoms with E-state index < -0.39 is 0 Å². The standard InChI is InChI=1S/C24H28O4S/c1-6-7-15-29-24(19-12-14-21(26-3)23(17-19)28-5)10-8-9-18-11-13-20(25-2)22(16-18)27-4/h10-14,16-17H,6-7,15H2,1-5H3/b24-10-. The molecule has 0 amide bonds. The van der Waals surface area contributed by atoms with Crippen LogP contribution in [0.2, 0.25) is 0 Å². The van der Waals surface area contributed by atoms with Gasteiger partial charge in [-0.2, -0.15) is 0 Å². The van der Waals surface area contributed by atoms with Crippen LogP contribution in [0.3, 0.4) is 0 Å². The summed E-state index contributed by atoms with van der Waals surface area (Å²) in [5.74, 6) is 10.2. The van der Waals surface area contributed by atoms with Gasteiger partial charge in [-0.1, -0.05) is 25.2 Å². The number of methoxy groups -OCH3 is 4. The molecule has 0 heterocycles. The fraction of sp³-hybridized carbons (Fsp3) is 0.333. The number of allylic oxidation sites excluding steroid dienone is 1. The highest BCUT2D eigenvalue weighted by Gasteiger charge is 2.08.